The Morgan fingerprint density at radius 1 is 0.377 bits per heavy atom. The Labute approximate surface area is 382 Å². The van der Waals surface area contributed by atoms with Crippen LogP contribution < -0.4 is 21.3 Å². The zero-order valence-electron chi connectivity index (χ0n) is 38.8. The number of aliphatic hydroxyl groups is 4. The van der Waals surface area contributed by atoms with Gasteiger partial charge in [-0.25, -0.2) is 9.59 Å². The van der Waals surface area contributed by atoms with Gasteiger partial charge >= 0.3 is 11.9 Å². The molecule has 61 heavy (non-hydrogen) atoms. The fraction of sp³-hybridized carbons (Fsp3) is 0.875. The zero-order chi connectivity index (χ0) is 44.3. The molecule has 361 valence electrons. The second-order valence-corrected chi connectivity index (χ2v) is 17.0. The molecule has 0 heterocycles. The van der Waals surface area contributed by atoms with Crippen molar-refractivity contribution in [3.8, 4) is 0 Å². The van der Waals surface area contributed by atoms with Gasteiger partial charge in [-0.15, -0.1) is 0 Å². The molecule has 0 aromatic heterocycles. The van der Waals surface area contributed by atoms with Crippen LogP contribution in [0.3, 0.4) is 0 Å². The molecule has 0 aliphatic carbocycles. The number of rotatable bonds is 47. The Hall–Kier alpha value is -1.70. The molecule has 0 bridgehead atoms. The first-order valence-corrected chi connectivity index (χ1v) is 24.7. The van der Waals surface area contributed by atoms with E-state index in [0.717, 1.165) is 50.7 Å². The van der Waals surface area contributed by atoms with Crippen molar-refractivity contribution in [3.05, 3.63) is 23.5 Å². The van der Waals surface area contributed by atoms with Crippen molar-refractivity contribution in [2.75, 3.05) is 26.2 Å². The monoisotopic (exact) mass is 910 g/mol. The van der Waals surface area contributed by atoms with Gasteiger partial charge in [-0.3, -0.25) is 10.6 Å². The minimum atomic E-state index is -1.51. The first kappa shape index (κ1) is 61.4. The number of nitrogens with one attached hydrogen (secondary N) is 4. The van der Waals surface area contributed by atoms with Gasteiger partial charge in [-0.05, 0) is 25.0 Å². The average molecular weight is 910 g/mol. The summed E-state index contributed by atoms with van der Waals surface area (Å²) < 4.78 is 0. The SMILES string of the molecule is CCCCCCCCCCCCCCCCCCNC(=CC(O)C(O)NCCNC(O)C(O)C=C(NCCCCCCCCCCCCCCCCCC)C(=O)O)C(=O)O.[Mn]. The van der Waals surface area contributed by atoms with E-state index in [1.807, 2.05) is 0 Å². The average Bonchev–Trinajstić information content (AvgIpc) is 3.23. The van der Waals surface area contributed by atoms with Gasteiger partial charge in [-0.1, -0.05) is 206 Å². The first-order chi connectivity index (χ1) is 29.1. The van der Waals surface area contributed by atoms with E-state index >= 15 is 0 Å². The van der Waals surface area contributed by atoms with E-state index in [1.54, 1.807) is 0 Å². The van der Waals surface area contributed by atoms with Gasteiger partial charge in [0, 0.05) is 43.2 Å². The summed E-state index contributed by atoms with van der Waals surface area (Å²) in [6.07, 6.45) is 36.4. The molecule has 4 unspecified atom stereocenters. The predicted octanol–water partition coefficient (Wildman–Crippen LogP) is 9.16. The van der Waals surface area contributed by atoms with E-state index in [-0.39, 0.29) is 41.6 Å². The molecule has 12 nitrogen and oxygen atoms in total. The summed E-state index contributed by atoms with van der Waals surface area (Å²) in [5, 5.41) is 71.5. The number of hydrogen-bond acceptors (Lipinski definition) is 10. The molecular weight excluding hydrogens is 815 g/mol. The third-order valence-corrected chi connectivity index (χ3v) is 11.3. The molecule has 10 N–H and O–H groups in total. The number of hydrogen-bond donors (Lipinski definition) is 10. The van der Waals surface area contributed by atoms with E-state index in [0.29, 0.717) is 13.1 Å². The van der Waals surface area contributed by atoms with Crippen molar-refractivity contribution in [2.45, 2.75) is 244 Å². The Morgan fingerprint density at radius 2 is 0.590 bits per heavy atom. The van der Waals surface area contributed by atoms with E-state index in [1.165, 1.54) is 167 Å². The van der Waals surface area contributed by atoms with Gasteiger partial charge in [0.05, 0.1) is 0 Å². The van der Waals surface area contributed by atoms with Crippen LogP contribution in [0.1, 0.15) is 219 Å². The first-order valence-electron chi connectivity index (χ1n) is 24.7. The van der Waals surface area contributed by atoms with Crippen LogP contribution in [0.2, 0.25) is 0 Å². The Balaban J connectivity index is 0. The van der Waals surface area contributed by atoms with Crippen molar-refractivity contribution in [1.82, 2.24) is 21.3 Å². The molecule has 0 saturated carbocycles. The molecule has 0 fully saturated rings. The number of carboxylic acids is 2. The molecule has 0 spiro atoms. The van der Waals surface area contributed by atoms with Crippen molar-refractivity contribution in [2.24, 2.45) is 0 Å². The third-order valence-electron chi connectivity index (χ3n) is 11.3. The Kier molecular flexibility index (Phi) is 46.6. The van der Waals surface area contributed by atoms with Crippen LogP contribution in [0.15, 0.2) is 23.5 Å². The van der Waals surface area contributed by atoms with Gasteiger partial charge in [-0.2, -0.15) is 0 Å². The van der Waals surface area contributed by atoms with Gasteiger partial charge in [0.1, 0.15) is 36.1 Å². The Bertz CT molecular complexity index is 973. The summed E-state index contributed by atoms with van der Waals surface area (Å²) in [5.74, 6) is -2.46. The van der Waals surface area contributed by atoms with Gasteiger partial charge in [0.2, 0.25) is 0 Å². The van der Waals surface area contributed by atoms with E-state index in [2.05, 4.69) is 35.1 Å². The molecule has 13 heteroatoms. The topological polar surface area (TPSA) is 204 Å². The van der Waals surface area contributed by atoms with Gasteiger partial charge in [0.25, 0.3) is 0 Å². The number of carboxylic acid groups (broad SMARTS) is 2. The molecule has 0 rings (SSSR count). The second-order valence-electron chi connectivity index (χ2n) is 17.0. The summed E-state index contributed by atoms with van der Waals surface area (Å²) in [5.41, 5.74) is -0.379. The van der Waals surface area contributed by atoms with Gasteiger partial charge < -0.3 is 41.3 Å². The molecule has 0 aliphatic rings. The van der Waals surface area contributed by atoms with Crippen molar-refractivity contribution >= 4 is 11.9 Å². The maximum atomic E-state index is 11.7. The van der Waals surface area contributed by atoms with Crippen molar-refractivity contribution < 1.29 is 57.3 Å². The molecule has 0 amide bonds. The maximum absolute atomic E-state index is 11.7. The summed E-state index contributed by atoms with van der Waals surface area (Å²) in [7, 11) is 0. The predicted molar refractivity (Wildman–Crippen MR) is 247 cm³/mol. The molecular formula is C48H94MnN4O8. The van der Waals surface area contributed by atoms with Crippen LogP contribution in [-0.4, -0.2) is 93.4 Å². The van der Waals surface area contributed by atoms with Crippen LogP contribution in [0.25, 0.3) is 0 Å². The molecule has 0 saturated heterocycles. The summed E-state index contributed by atoms with van der Waals surface area (Å²) in [6, 6.07) is 0. The van der Waals surface area contributed by atoms with Crippen LogP contribution in [0, 0.1) is 0 Å². The Morgan fingerprint density at radius 3 is 0.803 bits per heavy atom. The molecule has 0 aliphatic heterocycles. The number of aliphatic carboxylic acids is 2. The van der Waals surface area contributed by atoms with E-state index < -0.39 is 36.6 Å². The molecule has 1 radical (unpaired) electrons. The van der Waals surface area contributed by atoms with Crippen molar-refractivity contribution in [3.63, 3.8) is 0 Å². The zero-order valence-corrected chi connectivity index (χ0v) is 40.0. The summed E-state index contributed by atoms with van der Waals surface area (Å²) in [4.78, 5) is 23.4. The minimum absolute atomic E-state index is 0. The summed E-state index contributed by atoms with van der Waals surface area (Å²) >= 11 is 0. The van der Waals surface area contributed by atoms with Gasteiger partial charge in [0.15, 0.2) is 0 Å². The fourth-order valence-electron chi connectivity index (χ4n) is 7.41. The minimum Gasteiger partial charge on any atom is -0.477 e. The quantitative estimate of drug-likeness (QED) is 0.0120. The van der Waals surface area contributed by atoms with Crippen molar-refractivity contribution in [1.29, 1.82) is 0 Å². The van der Waals surface area contributed by atoms with E-state index in [4.69, 9.17) is 0 Å². The van der Waals surface area contributed by atoms with E-state index in [9.17, 15) is 40.2 Å². The standard InChI is InChI=1S/C48H94N4O8.Mn/c1-3-5-7-9-11-13-15-17-19-21-23-25-27-29-31-33-35-49-41(47(57)58)39-43(53)45(55)51-37-38-52-46(56)44(54)40-42(48(59)60)50-36-34-32-30-28-26-24-22-20-18-16-14-12-10-8-6-4-2;/h39-40,43-46,49-56H,3-38H2,1-2H3,(H,57,58)(H,59,60);. The molecule has 4 atom stereocenters. The third kappa shape index (κ3) is 40.8. The normalized spacial score (nSPS) is 14.0. The number of unbranched alkanes of at least 4 members (excludes halogenated alkanes) is 30. The number of carbonyl (C=O) groups is 2. The van der Waals surface area contributed by atoms with Crippen LogP contribution in [-0.2, 0) is 26.7 Å². The fourth-order valence-corrected chi connectivity index (χ4v) is 7.41. The summed E-state index contributed by atoms with van der Waals surface area (Å²) in [6.45, 7) is 5.51. The van der Waals surface area contributed by atoms with Crippen LogP contribution in [0.4, 0.5) is 0 Å². The number of aliphatic hydroxyl groups excluding tert-OH is 4. The van der Waals surface area contributed by atoms with Crippen LogP contribution >= 0.6 is 0 Å². The van der Waals surface area contributed by atoms with Crippen LogP contribution in [0.5, 0.6) is 0 Å². The molecule has 0 aromatic carbocycles. The largest absolute Gasteiger partial charge is 0.477 e. The second kappa shape index (κ2) is 46.3. The smallest absolute Gasteiger partial charge is 0.351 e. The maximum Gasteiger partial charge on any atom is 0.351 e. The molecule has 0 aromatic rings.